The lowest BCUT2D eigenvalue weighted by Crippen LogP contribution is -2.48. The molecule has 3 aromatic rings. The number of carbonyl (C=O) groups excluding carboxylic acids is 1. The highest BCUT2D eigenvalue weighted by Crippen LogP contribution is 2.22. The summed E-state index contributed by atoms with van der Waals surface area (Å²) < 4.78 is 13.5. The fraction of sp³-hybridized carbons (Fsp3) is 0.182. The van der Waals surface area contributed by atoms with E-state index in [9.17, 15) is 14.0 Å². The summed E-state index contributed by atoms with van der Waals surface area (Å²) in [5.74, 6) is -0.368. The van der Waals surface area contributed by atoms with Crippen molar-refractivity contribution in [2.75, 3.05) is 36.9 Å². The second-order valence-corrected chi connectivity index (χ2v) is 7.36. The van der Waals surface area contributed by atoms with Crippen LogP contribution in [0.25, 0.3) is 16.6 Å². The number of halogens is 1. The molecule has 1 amide bonds. The zero-order chi connectivity index (χ0) is 22.0. The Bertz CT molecular complexity index is 1230. The Morgan fingerprint density at radius 2 is 1.94 bits per heavy atom. The third kappa shape index (κ3) is 4.36. The number of pyridine rings is 1. The molecule has 0 spiro atoms. The Morgan fingerprint density at radius 3 is 2.65 bits per heavy atom. The lowest BCUT2D eigenvalue weighted by molar-refractivity contribution is -0.120. The summed E-state index contributed by atoms with van der Waals surface area (Å²) in [6.07, 6.45) is 1.44. The number of likely N-dealkylation sites (N-methyl/N-ethyl adjacent to an activating group) is 1. The molecule has 31 heavy (non-hydrogen) atoms. The number of hydrogen-bond acceptors (Lipinski definition) is 6. The van der Waals surface area contributed by atoms with Gasteiger partial charge in [-0.15, -0.1) is 0 Å². The number of nitrogens with one attached hydrogen (secondary N) is 3. The van der Waals surface area contributed by atoms with Crippen molar-refractivity contribution < 1.29 is 9.18 Å². The molecule has 2 aromatic carbocycles. The van der Waals surface area contributed by atoms with E-state index in [1.807, 2.05) is 24.1 Å². The van der Waals surface area contributed by atoms with Gasteiger partial charge in [0.05, 0.1) is 12.1 Å². The molecule has 8 nitrogen and oxygen atoms in total. The van der Waals surface area contributed by atoms with Crippen molar-refractivity contribution in [3.8, 4) is 0 Å². The highest BCUT2D eigenvalue weighted by molar-refractivity contribution is 5.95. The minimum atomic E-state index is -0.424. The van der Waals surface area contributed by atoms with Crippen LogP contribution in [0.2, 0.25) is 0 Å². The van der Waals surface area contributed by atoms with E-state index in [1.54, 1.807) is 17.0 Å². The zero-order valence-corrected chi connectivity index (χ0v) is 16.9. The van der Waals surface area contributed by atoms with Gasteiger partial charge in [-0.2, -0.15) is 5.11 Å². The van der Waals surface area contributed by atoms with Crippen LogP contribution in [0.5, 0.6) is 0 Å². The minimum absolute atomic E-state index is 0.0524. The van der Waals surface area contributed by atoms with Gasteiger partial charge in [0.1, 0.15) is 11.5 Å². The van der Waals surface area contributed by atoms with Gasteiger partial charge in [0.25, 0.3) is 5.56 Å². The number of nitrogens with zero attached hydrogens (tertiary/aromatic N) is 3. The average molecular weight is 420 g/mol. The number of rotatable bonds is 5. The topological polar surface area (TPSA) is 105 Å². The molecular formula is C22H21FN6O2. The maximum absolute atomic E-state index is 13.5. The summed E-state index contributed by atoms with van der Waals surface area (Å²) in [4.78, 5) is 31.0. The number of piperazine rings is 1. The monoisotopic (exact) mass is 420 g/mol. The molecular weight excluding hydrogens is 399 g/mol. The first-order chi connectivity index (χ1) is 14.9. The van der Waals surface area contributed by atoms with E-state index >= 15 is 0 Å². The predicted molar refractivity (Wildman–Crippen MR) is 118 cm³/mol. The van der Waals surface area contributed by atoms with Gasteiger partial charge in [-0.3, -0.25) is 14.5 Å². The molecule has 0 saturated carbocycles. The van der Waals surface area contributed by atoms with Crippen molar-refractivity contribution in [1.29, 1.82) is 5.53 Å². The molecule has 0 bridgehead atoms. The van der Waals surface area contributed by atoms with E-state index in [-0.39, 0.29) is 17.2 Å². The van der Waals surface area contributed by atoms with Crippen LogP contribution in [0.3, 0.4) is 0 Å². The number of benzene rings is 2. The number of hydrogen-bond donors (Lipinski definition) is 3. The molecule has 1 aromatic heterocycles. The van der Waals surface area contributed by atoms with Crippen LogP contribution in [0.4, 0.5) is 15.8 Å². The molecule has 158 valence electrons. The number of aromatic nitrogens is 1. The van der Waals surface area contributed by atoms with Gasteiger partial charge in [-0.05, 0) is 55.6 Å². The van der Waals surface area contributed by atoms with Gasteiger partial charge in [-0.25, -0.2) is 9.92 Å². The van der Waals surface area contributed by atoms with Crippen LogP contribution in [-0.4, -0.2) is 42.5 Å². The van der Waals surface area contributed by atoms with Crippen molar-refractivity contribution in [1.82, 2.24) is 9.88 Å². The van der Waals surface area contributed by atoms with Gasteiger partial charge in [0.15, 0.2) is 0 Å². The fourth-order valence-corrected chi connectivity index (χ4v) is 3.49. The van der Waals surface area contributed by atoms with Gasteiger partial charge in [0.2, 0.25) is 5.91 Å². The minimum Gasteiger partial charge on any atom is -0.360 e. The predicted octanol–water partition coefficient (Wildman–Crippen LogP) is 3.39. The van der Waals surface area contributed by atoms with Gasteiger partial charge in [-0.1, -0.05) is 0 Å². The van der Waals surface area contributed by atoms with Crippen LogP contribution in [-0.2, 0) is 4.79 Å². The molecule has 0 radical (unpaired) electrons. The Labute approximate surface area is 177 Å². The number of carbonyl (C=O) groups is 1. The highest BCUT2D eigenvalue weighted by atomic mass is 19.1. The number of anilines is 2. The first-order valence-corrected chi connectivity index (χ1v) is 9.71. The summed E-state index contributed by atoms with van der Waals surface area (Å²) >= 11 is 0. The van der Waals surface area contributed by atoms with Crippen LogP contribution < -0.4 is 15.8 Å². The van der Waals surface area contributed by atoms with E-state index in [0.717, 1.165) is 12.2 Å². The standard InChI is InChI=1S/C22H21FN6O2/c1-28-8-9-29(21(30)13-28)17-5-3-16(4-6-17)25-12-20(27-24)18-11-14-10-15(23)2-7-19(14)26-22(18)31/h2-7,10-12,24-25H,8-9,13H2,1H3,(H,26,31)/b20-12-,27-24?. The molecule has 0 aliphatic carbocycles. The zero-order valence-electron chi connectivity index (χ0n) is 16.9. The summed E-state index contributed by atoms with van der Waals surface area (Å²) in [6.45, 7) is 1.84. The quantitative estimate of drug-likeness (QED) is 0.550. The van der Waals surface area contributed by atoms with Gasteiger partial charge < -0.3 is 15.2 Å². The molecule has 1 aliphatic rings. The Morgan fingerprint density at radius 1 is 1.16 bits per heavy atom. The van der Waals surface area contributed by atoms with Crippen molar-refractivity contribution in [3.05, 3.63) is 76.5 Å². The third-order valence-corrected chi connectivity index (χ3v) is 5.17. The summed E-state index contributed by atoms with van der Waals surface area (Å²) in [5, 5.41) is 6.97. The molecule has 0 unspecified atom stereocenters. The maximum Gasteiger partial charge on any atom is 0.258 e. The summed E-state index contributed by atoms with van der Waals surface area (Å²) in [6, 6.07) is 12.8. The van der Waals surface area contributed by atoms with Gasteiger partial charge >= 0.3 is 0 Å². The molecule has 4 rings (SSSR count). The normalized spacial score (nSPS) is 15.4. The number of amides is 1. The van der Waals surface area contributed by atoms with Crippen LogP contribution in [0, 0.1) is 11.3 Å². The average Bonchev–Trinajstić information content (AvgIpc) is 2.75. The van der Waals surface area contributed by atoms with Crippen LogP contribution in [0.15, 0.2) is 64.6 Å². The highest BCUT2D eigenvalue weighted by Gasteiger charge is 2.22. The smallest absolute Gasteiger partial charge is 0.258 e. The SMILES string of the molecule is CN1CCN(c2ccc(N/C=C(\N=N)c3cc4cc(F)ccc4[nH]c3=O)cc2)C(=O)C1. The van der Waals surface area contributed by atoms with Crippen molar-refractivity contribution in [2.45, 2.75) is 0 Å². The lowest BCUT2D eigenvalue weighted by atomic mass is 10.1. The number of fused-ring (bicyclic) bond motifs is 1. The second kappa shape index (κ2) is 8.49. The third-order valence-electron chi connectivity index (χ3n) is 5.17. The Kier molecular flexibility index (Phi) is 5.59. The van der Waals surface area contributed by atoms with E-state index in [4.69, 9.17) is 5.53 Å². The number of H-pyrrole nitrogens is 1. The van der Waals surface area contributed by atoms with Crippen LogP contribution in [0.1, 0.15) is 5.56 Å². The van der Waals surface area contributed by atoms with Crippen LogP contribution >= 0.6 is 0 Å². The van der Waals surface area contributed by atoms with E-state index in [2.05, 4.69) is 15.4 Å². The molecule has 3 N–H and O–H groups in total. The van der Waals surface area contributed by atoms with E-state index < -0.39 is 11.4 Å². The molecule has 1 fully saturated rings. The molecule has 2 heterocycles. The first-order valence-electron chi connectivity index (χ1n) is 9.71. The maximum atomic E-state index is 13.5. The van der Waals surface area contributed by atoms with Crippen molar-refractivity contribution in [2.24, 2.45) is 5.11 Å². The largest absolute Gasteiger partial charge is 0.360 e. The molecule has 1 saturated heterocycles. The Hall–Kier alpha value is -3.85. The lowest BCUT2D eigenvalue weighted by Gasteiger charge is -2.32. The summed E-state index contributed by atoms with van der Waals surface area (Å²) in [5.41, 5.74) is 9.31. The van der Waals surface area contributed by atoms with Crippen molar-refractivity contribution >= 4 is 33.9 Å². The first kappa shape index (κ1) is 20.4. The van der Waals surface area contributed by atoms with E-state index in [1.165, 1.54) is 30.5 Å². The fourth-order valence-electron chi connectivity index (χ4n) is 3.49. The molecule has 1 aliphatic heterocycles. The molecule has 0 atom stereocenters. The molecule has 9 heteroatoms. The van der Waals surface area contributed by atoms with Crippen molar-refractivity contribution in [3.63, 3.8) is 0 Å². The Balaban J connectivity index is 1.55. The van der Waals surface area contributed by atoms with E-state index in [0.29, 0.717) is 29.7 Å². The second-order valence-electron chi connectivity index (χ2n) is 7.36. The van der Waals surface area contributed by atoms with Gasteiger partial charge in [0, 0.05) is 41.6 Å². The number of aromatic amines is 1. The summed E-state index contributed by atoms with van der Waals surface area (Å²) in [7, 11) is 1.92.